The first-order chi connectivity index (χ1) is 15.1. The fourth-order valence-electron chi connectivity index (χ4n) is 4.05. The largest absolute Gasteiger partial charge is 0.375 e. The van der Waals surface area contributed by atoms with E-state index in [4.69, 9.17) is 0 Å². The van der Waals surface area contributed by atoms with Crippen molar-refractivity contribution in [2.24, 2.45) is 7.05 Å². The predicted octanol–water partition coefficient (Wildman–Crippen LogP) is 3.25. The van der Waals surface area contributed by atoms with E-state index in [-0.39, 0.29) is 5.56 Å². The first-order valence-electron chi connectivity index (χ1n) is 10.3. The van der Waals surface area contributed by atoms with Crippen molar-refractivity contribution in [2.75, 3.05) is 5.32 Å². The zero-order valence-electron chi connectivity index (χ0n) is 17.7. The Kier molecular flexibility index (Phi) is 4.54. The fraction of sp³-hybridized carbons (Fsp3) is 0.217. The minimum atomic E-state index is -0.0808. The molecule has 0 saturated carbocycles. The van der Waals surface area contributed by atoms with Crippen LogP contribution in [0.2, 0.25) is 0 Å². The molecule has 3 aromatic heterocycles. The number of rotatable bonds is 5. The van der Waals surface area contributed by atoms with Crippen LogP contribution in [-0.2, 0) is 20.0 Å². The van der Waals surface area contributed by atoms with Crippen LogP contribution in [-0.4, -0.2) is 28.9 Å². The van der Waals surface area contributed by atoms with Crippen LogP contribution in [0.1, 0.15) is 24.0 Å². The average Bonchev–Trinajstić information content (AvgIpc) is 3.40. The number of hydrogen-bond donors (Lipinski definition) is 1. The van der Waals surface area contributed by atoms with Gasteiger partial charge in [-0.05, 0) is 37.1 Å². The zero-order valence-corrected chi connectivity index (χ0v) is 17.7. The van der Waals surface area contributed by atoms with Gasteiger partial charge in [0.15, 0.2) is 5.82 Å². The summed E-state index contributed by atoms with van der Waals surface area (Å²) in [4.78, 5) is 12.6. The molecule has 5 rings (SSSR count). The van der Waals surface area contributed by atoms with Crippen LogP contribution in [0.5, 0.6) is 0 Å². The summed E-state index contributed by atoms with van der Waals surface area (Å²) >= 11 is 0. The summed E-state index contributed by atoms with van der Waals surface area (Å²) in [5.74, 6) is 1.25. The van der Waals surface area contributed by atoms with E-state index in [1.165, 1.54) is 10.1 Å². The van der Waals surface area contributed by atoms with Crippen molar-refractivity contribution >= 4 is 22.4 Å². The zero-order chi connectivity index (χ0) is 21.5. The van der Waals surface area contributed by atoms with Gasteiger partial charge in [-0.25, -0.2) is 4.68 Å². The molecule has 0 radical (unpaired) electrons. The van der Waals surface area contributed by atoms with Crippen LogP contribution in [0.4, 0.5) is 5.69 Å². The topological polar surface area (TPSA) is 82.0 Å². The normalized spacial score (nSPS) is 11.5. The highest BCUT2D eigenvalue weighted by Gasteiger charge is 2.16. The van der Waals surface area contributed by atoms with E-state index >= 15 is 0 Å². The lowest BCUT2D eigenvalue weighted by atomic mass is 10.2. The quantitative estimate of drug-likeness (QED) is 0.478. The molecule has 2 aromatic carbocycles. The number of nitrogens with zero attached hydrogens (tertiary/aromatic N) is 6. The summed E-state index contributed by atoms with van der Waals surface area (Å²) in [5.41, 5.74) is 5.01. The second-order valence-corrected chi connectivity index (χ2v) is 7.54. The molecule has 0 saturated heterocycles. The molecule has 1 N–H and O–H groups in total. The highest BCUT2D eigenvalue weighted by Crippen LogP contribution is 2.23. The van der Waals surface area contributed by atoms with E-state index in [1.54, 1.807) is 7.05 Å². The minimum Gasteiger partial charge on any atom is -0.375 e. The van der Waals surface area contributed by atoms with Gasteiger partial charge in [-0.1, -0.05) is 37.3 Å². The van der Waals surface area contributed by atoms with E-state index in [1.807, 2.05) is 51.7 Å². The summed E-state index contributed by atoms with van der Waals surface area (Å²) in [7, 11) is 1.72. The Morgan fingerprint density at radius 2 is 1.81 bits per heavy atom. The van der Waals surface area contributed by atoms with Crippen molar-refractivity contribution in [3.05, 3.63) is 82.2 Å². The minimum absolute atomic E-state index is 0.0808. The Labute approximate surface area is 178 Å². The Morgan fingerprint density at radius 1 is 1.03 bits per heavy atom. The smallest absolute Gasteiger partial charge is 0.262 e. The lowest BCUT2D eigenvalue weighted by Crippen LogP contribution is -2.20. The van der Waals surface area contributed by atoms with E-state index in [0.29, 0.717) is 17.7 Å². The van der Waals surface area contributed by atoms with Gasteiger partial charge in [0.1, 0.15) is 0 Å². The van der Waals surface area contributed by atoms with Gasteiger partial charge in [-0.3, -0.25) is 13.8 Å². The number of nitrogens with one attached hydrogen (secondary N) is 1. The standard InChI is InChI=1S/C23H23N7O/c1-4-18-17(13-25-30(18)19-11-7-5-9-15(19)2)24-14-21-26-27-23-28(3)22(31)16-10-6-8-12-20(16)29(21)23/h5-13,24H,4,14H2,1-3H3. The summed E-state index contributed by atoms with van der Waals surface area (Å²) in [6, 6.07) is 15.7. The summed E-state index contributed by atoms with van der Waals surface area (Å²) in [6.07, 6.45) is 2.68. The van der Waals surface area contributed by atoms with Gasteiger partial charge in [-0.15, -0.1) is 10.2 Å². The summed E-state index contributed by atoms with van der Waals surface area (Å²) < 4.78 is 5.45. The number of aryl methyl sites for hydroxylation is 2. The lowest BCUT2D eigenvalue weighted by molar-refractivity contribution is 0.808. The predicted molar refractivity (Wildman–Crippen MR) is 121 cm³/mol. The number of benzene rings is 2. The van der Waals surface area contributed by atoms with Gasteiger partial charge in [0.05, 0.1) is 40.7 Å². The first kappa shape index (κ1) is 19.0. The molecule has 0 aliphatic heterocycles. The van der Waals surface area contributed by atoms with E-state index in [0.717, 1.165) is 34.8 Å². The van der Waals surface area contributed by atoms with Gasteiger partial charge >= 0.3 is 0 Å². The SMILES string of the molecule is CCc1c(NCc2nnc3n(C)c(=O)c4ccccc4n23)cnn1-c1ccccc1C. The molecule has 0 fully saturated rings. The van der Waals surface area contributed by atoms with E-state index in [9.17, 15) is 4.79 Å². The number of aromatic nitrogens is 6. The number of para-hydroxylation sites is 2. The molecule has 0 spiro atoms. The Morgan fingerprint density at radius 3 is 2.61 bits per heavy atom. The maximum absolute atomic E-state index is 12.6. The number of fused-ring (bicyclic) bond motifs is 3. The van der Waals surface area contributed by atoms with Gasteiger partial charge < -0.3 is 5.32 Å². The van der Waals surface area contributed by atoms with Gasteiger partial charge in [0.2, 0.25) is 5.78 Å². The Bertz CT molecular complexity index is 1470. The summed E-state index contributed by atoms with van der Waals surface area (Å²) in [6.45, 7) is 4.66. The van der Waals surface area contributed by atoms with Crippen LogP contribution in [0.25, 0.3) is 22.4 Å². The van der Waals surface area contributed by atoms with Crippen LogP contribution in [0, 0.1) is 6.92 Å². The van der Waals surface area contributed by atoms with Crippen molar-refractivity contribution in [2.45, 2.75) is 26.8 Å². The second-order valence-electron chi connectivity index (χ2n) is 7.54. The van der Waals surface area contributed by atoms with Crippen molar-refractivity contribution in [3.63, 3.8) is 0 Å². The number of anilines is 1. The Balaban J connectivity index is 1.54. The van der Waals surface area contributed by atoms with Crippen LogP contribution in [0.15, 0.2) is 59.5 Å². The monoisotopic (exact) mass is 413 g/mol. The second kappa shape index (κ2) is 7.39. The van der Waals surface area contributed by atoms with E-state index in [2.05, 4.69) is 46.6 Å². The molecule has 8 nitrogen and oxygen atoms in total. The molecule has 8 heteroatoms. The third-order valence-corrected chi connectivity index (χ3v) is 5.68. The van der Waals surface area contributed by atoms with Crippen molar-refractivity contribution in [3.8, 4) is 5.69 Å². The molecule has 0 aliphatic carbocycles. The van der Waals surface area contributed by atoms with Crippen LogP contribution < -0.4 is 10.9 Å². The molecular formula is C23H23N7O. The molecule has 156 valence electrons. The molecule has 0 bridgehead atoms. The lowest BCUT2D eigenvalue weighted by Gasteiger charge is -2.11. The molecule has 0 atom stereocenters. The van der Waals surface area contributed by atoms with Crippen LogP contribution >= 0.6 is 0 Å². The molecule has 5 aromatic rings. The maximum atomic E-state index is 12.6. The maximum Gasteiger partial charge on any atom is 0.262 e. The van der Waals surface area contributed by atoms with Crippen LogP contribution in [0.3, 0.4) is 0 Å². The molecule has 0 amide bonds. The van der Waals surface area contributed by atoms with Crippen molar-refractivity contribution < 1.29 is 0 Å². The van der Waals surface area contributed by atoms with E-state index < -0.39 is 0 Å². The first-order valence-corrected chi connectivity index (χ1v) is 10.3. The Hall–Kier alpha value is -3.94. The molecule has 31 heavy (non-hydrogen) atoms. The third-order valence-electron chi connectivity index (χ3n) is 5.68. The summed E-state index contributed by atoms with van der Waals surface area (Å²) in [5, 5.41) is 17.4. The highest BCUT2D eigenvalue weighted by molar-refractivity contribution is 5.80. The van der Waals surface area contributed by atoms with Gasteiger partial charge in [0.25, 0.3) is 5.56 Å². The molecule has 0 unspecified atom stereocenters. The molecular weight excluding hydrogens is 390 g/mol. The number of hydrogen-bond acceptors (Lipinski definition) is 5. The molecule has 0 aliphatic rings. The van der Waals surface area contributed by atoms with Crippen molar-refractivity contribution in [1.82, 2.24) is 28.9 Å². The molecule has 3 heterocycles. The van der Waals surface area contributed by atoms with Crippen molar-refractivity contribution in [1.29, 1.82) is 0 Å². The fourth-order valence-corrected chi connectivity index (χ4v) is 4.05. The third kappa shape index (κ3) is 2.99. The average molecular weight is 413 g/mol. The van der Waals surface area contributed by atoms with Gasteiger partial charge in [-0.2, -0.15) is 5.10 Å². The van der Waals surface area contributed by atoms with Gasteiger partial charge in [0, 0.05) is 7.05 Å². The highest BCUT2D eigenvalue weighted by atomic mass is 16.1.